The van der Waals surface area contributed by atoms with E-state index in [-0.39, 0.29) is 5.56 Å². The first kappa shape index (κ1) is 8.25. The number of hydrogen-bond donors (Lipinski definition) is 0. The Morgan fingerprint density at radius 2 is 2.25 bits per heavy atom. The van der Waals surface area contributed by atoms with Crippen molar-refractivity contribution >= 4 is 11.6 Å². The van der Waals surface area contributed by atoms with E-state index in [0.717, 1.165) is 13.0 Å². The molecule has 0 aromatic rings. The number of alkyl halides is 1. The molecule has 0 saturated carbocycles. The number of unbranched alkanes of at least 4 members (excludes halogenated alkanes) is 1. The van der Waals surface area contributed by atoms with Crippen molar-refractivity contribution in [2.75, 3.05) is 6.61 Å². The number of ether oxygens (including phenoxy) is 1. The normalized spacial score (nSPS) is 13.9. The summed E-state index contributed by atoms with van der Waals surface area (Å²) in [5.74, 6) is 0. The predicted octanol–water partition coefficient (Wildman–Crippen LogP) is 2.39. The maximum Gasteiger partial charge on any atom is 0.128 e. The van der Waals surface area contributed by atoms with Crippen LogP contribution in [0.1, 0.15) is 26.7 Å². The summed E-state index contributed by atoms with van der Waals surface area (Å²) in [5, 5.41) is 0. The zero-order chi connectivity index (χ0) is 6.41. The Morgan fingerprint density at radius 3 is 2.62 bits per heavy atom. The lowest BCUT2D eigenvalue weighted by molar-refractivity contribution is 0.116. The molecule has 0 aliphatic rings. The Hall–Kier alpha value is 0.250. The maximum absolute atomic E-state index is 5.49. The van der Waals surface area contributed by atoms with Gasteiger partial charge in [-0.25, -0.2) is 0 Å². The summed E-state index contributed by atoms with van der Waals surface area (Å²) in [4.78, 5) is 0. The molecule has 0 heterocycles. The fourth-order valence-electron chi connectivity index (χ4n) is 0.390. The monoisotopic (exact) mass is 136 g/mol. The van der Waals surface area contributed by atoms with Gasteiger partial charge in [0.2, 0.25) is 0 Å². The molecule has 50 valence electrons. The van der Waals surface area contributed by atoms with Gasteiger partial charge < -0.3 is 4.74 Å². The molecule has 1 nitrogen and oxygen atoms in total. The van der Waals surface area contributed by atoms with Gasteiger partial charge in [-0.15, -0.1) is 0 Å². The molecule has 0 bridgehead atoms. The van der Waals surface area contributed by atoms with Crippen molar-refractivity contribution in [1.29, 1.82) is 0 Å². The Labute approximate surface area is 56.0 Å². The fraction of sp³-hybridized carbons (Fsp3) is 1.00. The Bertz CT molecular complexity index is 45.8. The molecule has 0 aliphatic carbocycles. The summed E-state index contributed by atoms with van der Waals surface area (Å²) in [5.41, 5.74) is -0.124. The molecule has 0 saturated heterocycles. The summed E-state index contributed by atoms with van der Waals surface area (Å²) < 4.78 is 5.05. The van der Waals surface area contributed by atoms with Crippen LogP contribution < -0.4 is 0 Å². The van der Waals surface area contributed by atoms with Crippen LogP contribution in [0.25, 0.3) is 0 Å². The largest absolute Gasteiger partial charge is 0.363 e. The van der Waals surface area contributed by atoms with Crippen molar-refractivity contribution in [2.24, 2.45) is 0 Å². The summed E-state index contributed by atoms with van der Waals surface area (Å²) >= 11 is 5.49. The summed E-state index contributed by atoms with van der Waals surface area (Å²) in [6.07, 6.45) is 2.28. The van der Waals surface area contributed by atoms with E-state index in [4.69, 9.17) is 16.3 Å². The second-order valence-corrected chi connectivity index (χ2v) is 2.38. The third-order valence-electron chi connectivity index (χ3n) is 0.845. The smallest absolute Gasteiger partial charge is 0.128 e. The molecular weight excluding hydrogens is 124 g/mol. The molecule has 0 aliphatic heterocycles. The van der Waals surface area contributed by atoms with E-state index < -0.39 is 0 Å². The van der Waals surface area contributed by atoms with E-state index in [0.29, 0.717) is 0 Å². The van der Waals surface area contributed by atoms with Gasteiger partial charge in [0, 0.05) is 6.61 Å². The minimum absolute atomic E-state index is 0.124. The Morgan fingerprint density at radius 1 is 1.62 bits per heavy atom. The van der Waals surface area contributed by atoms with E-state index in [1.807, 2.05) is 6.92 Å². The zero-order valence-corrected chi connectivity index (χ0v) is 6.24. The Kier molecular flexibility index (Phi) is 5.56. The van der Waals surface area contributed by atoms with Gasteiger partial charge in [-0.05, 0) is 13.3 Å². The highest BCUT2D eigenvalue weighted by atomic mass is 35.5. The van der Waals surface area contributed by atoms with Gasteiger partial charge in [0.05, 0.1) is 0 Å². The van der Waals surface area contributed by atoms with Crippen molar-refractivity contribution in [3.05, 3.63) is 0 Å². The average molecular weight is 137 g/mol. The number of hydrogen-bond acceptors (Lipinski definition) is 1. The highest BCUT2D eigenvalue weighted by Crippen LogP contribution is 1.97. The third kappa shape index (κ3) is 6.25. The van der Waals surface area contributed by atoms with E-state index in [2.05, 4.69) is 6.92 Å². The van der Waals surface area contributed by atoms with Crippen molar-refractivity contribution in [1.82, 2.24) is 0 Å². The van der Waals surface area contributed by atoms with Crippen LogP contribution in [0, 0.1) is 0 Å². The van der Waals surface area contributed by atoms with Crippen LogP contribution in [0.4, 0.5) is 0 Å². The van der Waals surface area contributed by atoms with E-state index in [9.17, 15) is 0 Å². The highest BCUT2D eigenvalue weighted by molar-refractivity contribution is 6.19. The standard InChI is InChI=1S/C6H13ClO/c1-3-4-5-8-6(2)7/h6H,3-5H2,1-2H3. The second kappa shape index (κ2) is 5.39. The minimum Gasteiger partial charge on any atom is -0.363 e. The van der Waals surface area contributed by atoms with Crippen LogP contribution >= 0.6 is 11.6 Å². The molecule has 0 rings (SSSR count). The molecule has 0 aromatic heterocycles. The SMILES string of the molecule is CCCCOC(C)Cl. The lowest BCUT2D eigenvalue weighted by Crippen LogP contribution is -1.99. The summed E-state index contributed by atoms with van der Waals surface area (Å²) in [7, 11) is 0. The topological polar surface area (TPSA) is 9.23 Å². The van der Waals surface area contributed by atoms with E-state index >= 15 is 0 Å². The van der Waals surface area contributed by atoms with Gasteiger partial charge in [0.15, 0.2) is 0 Å². The van der Waals surface area contributed by atoms with Crippen LogP contribution in [-0.2, 0) is 4.74 Å². The Balaban J connectivity index is 2.72. The lowest BCUT2D eigenvalue weighted by atomic mass is 10.4. The first-order valence-corrected chi connectivity index (χ1v) is 3.46. The van der Waals surface area contributed by atoms with Gasteiger partial charge in [-0.3, -0.25) is 0 Å². The van der Waals surface area contributed by atoms with Gasteiger partial charge >= 0.3 is 0 Å². The first-order chi connectivity index (χ1) is 3.77. The minimum atomic E-state index is -0.124. The molecule has 1 unspecified atom stereocenters. The lowest BCUT2D eigenvalue weighted by Gasteiger charge is -2.02. The summed E-state index contributed by atoms with van der Waals surface area (Å²) in [6.45, 7) is 4.75. The predicted molar refractivity (Wildman–Crippen MR) is 36.2 cm³/mol. The van der Waals surface area contributed by atoms with Crippen LogP contribution in [0.3, 0.4) is 0 Å². The molecule has 0 fully saturated rings. The molecule has 0 spiro atoms. The molecule has 1 atom stereocenters. The second-order valence-electron chi connectivity index (χ2n) is 1.77. The molecule has 0 radical (unpaired) electrons. The molecule has 0 N–H and O–H groups in total. The van der Waals surface area contributed by atoms with Crippen molar-refractivity contribution in [3.8, 4) is 0 Å². The molecule has 8 heavy (non-hydrogen) atoms. The summed E-state index contributed by atoms with van der Waals surface area (Å²) in [6, 6.07) is 0. The first-order valence-electron chi connectivity index (χ1n) is 3.03. The molecule has 0 amide bonds. The number of rotatable bonds is 4. The van der Waals surface area contributed by atoms with Crippen LogP contribution in [0.5, 0.6) is 0 Å². The third-order valence-corrected chi connectivity index (χ3v) is 0.971. The number of halogens is 1. The van der Waals surface area contributed by atoms with Gasteiger partial charge in [0.25, 0.3) is 0 Å². The van der Waals surface area contributed by atoms with E-state index in [1.165, 1.54) is 6.42 Å². The van der Waals surface area contributed by atoms with Crippen LogP contribution in [0.15, 0.2) is 0 Å². The van der Waals surface area contributed by atoms with Gasteiger partial charge in [0.1, 0.15) is 5.56 Å². The zero-order valence-electron chi connectivity index (χ0n) is 5.48. The van der Waals surface area contributed by atoms with Crippen LogP contribution in [-0.4, -0.2) is 12.2 Å². The van der Waals surface area contributed by atoms with Crippen LogP contribution in [0.2, 0.25) is 0 Å². The highest BCUT2D eigenvalue weighted by Gasteiger charge is 1.91. The molecular formula is C6H13ClO. The molecule has 0 aromatic carbocycles. The maximum atomic E-state index is 5.49. The van der Waals surface area contributed by atoms with Gasteiger partial charge in [-0.2, -0.15) is 0 Å². The molecule has 2 heteroatoms. The fourth-order valence-corrected chi connectivity index (χ4v) is 0.479. The van der Waals surface area contributed by atoms with E-state index in [1.54, 1.807) is 0 Å². The average Bonchev–Trinajstić information content (AvgIpc) is 1.66. The van der Waals surface area contributed by atoms with Crippen molar-refractivity contribution < 1.29 is 4.74 Å². The van der Waals surface area contributed by atoms with Gasteiger partial charge in [-0.1, -0.05) is 24.9 Å². The quantitative estimate of drug-likeness (QED) is 0.426. The van der Waals surface area contributed by atoms with Crippen molar-refractivity contribution in [2.45, 2.75) is 32.3 Å². The van der Waals surface area contributed by atoms with Crippen molar-refractivity contribution in [3.63, 3.8) is 0 Å².